The Bertz CT molecular complexity index is 339. The van der Waals surface area contributed by atoms with Gasteiger partial charge in [0.1, 0.15) is 0 Å². The van der Waals surface area contributed by atoms with Gasteiger partial charge in [-0.3, -0.25) is 9.89 Å². The summed E-state index contributed by atoms with van der Waals surface area (Å²) in [5.74, 6) is 0.749. The predicted molar refractivity (Wildman–Crippen MR) is 53.0 cm³/mol. The first-order valence-corrected chi connectivity index (χ1v) is 4.97. The summed E-state index contributed by atoms with van der Waals surface area (Å²) in [6.07, 6.45) is 3.78. The molecule has 2 rings (SSSR count). The summed E-state index contributed by atoms with van der Waals surface area (Å²) >= 11 is 0. The molecule has 0 spiro atoms. The average Bonchev–Trinajstić information content (AvgIpc) is 2.48. The van der Waals surface area contributed by atoms with E-state index in [9.17, 15) is 4.79 Å². The third-order valence-corrected chi connectivity index (χ3v) is 2.78. The second-order valence-corrected chi connectivity index (χ2v) is 4.16. The van der Waals surface area contributed by atoms with Crippen molar-refractivity contribution in [2.75, 3.05) is 0 Å². The van der Waals surface area contributed by atoms with Gasteiger partial charge >= 0.3 is 0 Å². The molecule has 1 aliphatic rings. The molecular weight excluding hydrogens is 178 g/mol. The largest absolute Gasteiger partial charge is 0.349 e. The maximum Gasteiger partial charge on any atom is 0.254 e. The number of rotatable bonds is 2. The maximum atomic E-state index is 11.7. The van der Waals surface area contributed by atoms with Crippen LogP contribution in [-0.2, 0) is 0 Å². The molecule has 1 aromatic heterocycles. The summed E-state index contributed by atoms with van der Waals surface area (Å²) in [6, 6.07) is 0.367. The van der Waals surface area contributed by atoms with Gasteiger partial charge in [0.15, 0.2) is 0 Å². The van der Waals surface area contributed by atoms with Gasteiger partial charge in [-0.15, -0.1) is 0 Å². The summed E-state index contributed by atoms with van der Waals surface area (Å²) in [5.41, 5.74) is 1.49. The molecule has 0 radical (unpaired) electrons. The van der Waals surface area contributed by atoms with Crippen LogP contribution in [0.3, 0.4) is 0 Å². The van der Waals surface area contributed by atoms with Crippen molar-refractivity contribution in [2.24, 2.45) is 5.92 Å². The zero-order valence-corrected chi connectivity index (χ0v) is 8.50. The van der Waals surface area contributed by atoms with Crippen molar-refractivity contribution in [1.29, 1.82) is 0 Å². The first-order valence-electron chi connectivity index (χ1n) is 4.97. The maximum absolute atomic E-state index is 11.7. The van der Waals surface area contributed by atoms with E-state index >= 15 is 0 Å². The van der Waals surface area contributed by atoms with Gasteiger partial charge in [0.2, 0.25) is 0 Å². The SMILES string of the molecule is Cc1[nH]ncc1C(=O)NC1CC(C)C1. The molecule has 14 heavy (non-hydrogen) atoms. The highest BCUT2D eigenvalue weighted by Crippen LogP contribution is 2.26. The van der Waals surface area contributed by atoms with Crippen LogP contribution < -0.4 is 5.32 Å². The van der Waals surface area contributed by atoms with Crippen LogP contribution in [0.25, 0.3) is 0 Å². The van der Waals surface area contributed by atoms with Crippen molar-refractivity contribution in [3.63, 3.8) is 0 Å². The van der Waals surface area contributed by atoms with Crippen LogP contribution in [0.2, 0.25) is 0 Å². The monoisotopic (exact) mass is 193 g/mol. The predicted octanol–water partition coefficient (Wildman–Crippen LogP) is 1.25. The molecular formula is C10H15N3O. The lowest BCUT2D eigenvalue weighted by atomic mass is 9.82. The number of aromatic nitrogens is 2. The molecule has 1 fully saturated rings. The first-order chi connectivity index (χ1) is 6.66. The Balaban J connectivity index is 1.93. The zero-order valence-electron chi connectivity index (χ0n) is 8.50. The summed E-state index contributed by atoms with van der Waals surface area (Å²) in [6.45, 7) is 4.05. The molecule has 0 unspecified atom stereocenters. The summed E-state index contributed by atoms with van der Waals surface area (Å²) in [5, 5.41) is 9.57. The summed E-state index contributed by atoms with van der Waals surface area (Å²) < 4.78 is 0. The van der Waals surface area contributed by atoms with Crippen molar-refractivity contribution < 1.29 is 4.79 Å². The van der Waals surface area contributed by atoms with E-state index in [0.29, 0.717) is 11.6 Å². The second-order valence-electron chi connectivity index (χ2n) is 4.16. The standard InChI is InChI=1S/C10H15N3O/c1-6-3-8(4-6)12-10(14)9-5-11-13-7(9)2/h5-6,8H,3-4H2,1-2H3,(H,11,13)(H,12,14). The number of aryl methyl sites for hydroxylation is 1. The number of aromatic amines is 1. The van der Waals surface area contributed by atoms with E-state index in [2.05, 4.69) is 22.4 Å². The van der Waals surface area contributed by atoms with Gasteiger partial charge in [0.05, 0.1) is 11.8 Å². The molecule has 2 N–H and O–H groups in total. The van der Waals surface area contributed by atoms with Crippen LogP contribution in [0, 0.1) is 12.8 Å². The second kappa shape index (κ2) is 3.44. The smallest absolute Gasteiger partial charge is 0.254 e. The Labute approximate surface area is 83.1 Å². The Morgan fingerprint density at radius 1 is 1.64 bits per heavy atom. The molecule has 0 aliphatic heterocycles. The lowest BCUT2D eigenvalue weighted by Gasteiger charge is -2.33. The van der Waals surface area contributed by atoms with Crippen LogP contribution >= 0.6 is 0 Å². The molecule has 1 aromatic rings. The third kappa shape index (κ3) is 1.64. The molecule has 0 bridgehead atoms. The van der Waals surface area contributed by atoms with Crippen LogP contribution in [0.1, 0.15) is 35.8 Å². The number of carbonyl (C=O) groups excluding carboxylic acids is 1. The minimum absolute atomic E-state index is 0.00634. The molecule has 1 heterocycles. The molecule has 76 valence electrons. The van der Waals surface area contributed by atoms with E-state index in [1.165, 1.54) is 0 Å². The number of nitrogens with zero attached hydrogens (tertiary/aromatic N) is 1. The first kappa shape index (κ1) is 9.24. The number of amides is 1. The van der Waals surface area contributed by atoms with Gasteiger partial charge in [0, 0.05) is 11.7 Å². The molecule has 1 amide bonds. The van der Waals surface area contributed by atoms with E-state index in [0.717, 1.165) is 24.5 Å². The van der Waals surface area contributed by atoms with E-state index in [-0.39, 0.29) is 5.91 Å². The van der Waals surface area contributed by atoms with Gasteiger partial charge in [-0.25, -0.2) is 0 Å². The lowest BCUT2D eigenvalue weighted by Crippen LogP contribution is -2.43. The molecule has 4 nitrogen and oxygen atoms in total. The molecule has 0 atom stereocenters. The minimum atomic E-state index is -0.00634. The molecule has 1 saturated carbocycles. The normalized spacial score (nSPS) is 25.6. The fraction of sp³-hybridized carbons (Fsp3) is 0.600. The van der Waals surface area contributed by atoms with Gasteiger partial charge < -0.3 is 5.32 Å². The Morgan fingerprint density at radius 2 is 2.36 bits per heavy atom. The number of nitrogens with one attached hydrogen (secondary N) is 2. The minimum Gasteiger partial charge on any atom is -0.349 e. The molecule has 0 saturated heterocycles. The molecule has 4 heteroatoms. The highest BCUT2D eigenvalue weighted by atomic mass is 16.1. The van der Waals surface area contributed by atoms with Gasteiger partial charge in [-0.2, -0.15) is 5.10 Å². The Kier molecular flexibility index (Phi) is 2.27. The van der Waals surface area contributed by atoms with Gasteiger partial charge in [-0.05, 0) is 25.7 Å². The van der Waals surface area contributed by atoms with Crippen molar-refractivity contribution >= 4 is 5.91 Å². The lowest BCUT2D eigenvalue weighted by molar-refractivity contribution is 0.0895. The average molecular weight is 193 g/mol. The van der Waals surface area contributed by atoms with E-state index in [1.807, 2.05) is 6.92 Å². The van der Waals surface area contributed by atoms with Gasteiger partial charge in [0.25, 0.3) is 5.91 Å². The van der Waals surface area contributed by atoms with E-state index in [4.69, 9.17) is 0 Å². The molecule has 1 aliphatic carbocycles. The summed E-state index contributed by atoms with van der Waals surface area (Å²) in [4.78, 5) is 11.7. The third-order valence-electron chi connectivity index (χ3n) is 2.78. The number of H-pyrrole nitrogens is 1. The van der Waals surface area contributed by atoms with E-state index in [1.54, 1.807) is 6.20 Å². The summed E-state index contributed by atoms with van der Waals surface area (Å²) in [7, 11) is 0. The highest BCUT2D eigenvalue weighted by Gasteiger charge is 2.27. The van der Waals surface area contributed by atoms with Crippen molar-refractivity contribution in [2.45, 2.75) is 32.7 Å². The molecule has 0 aromatic carbocycles. The van der Waals surface area contributed by atoms with Crippen LogP contribution in [0.4, 0.5) is 0 Å². The van der Waals surface area contributed by atoms with Crippen molar-refractivity contribution in [1.82, 2.24) is 15.5 Å². The fourth-order valence-corrected chi connectivity index (χ4v) is 1.86. The zero-order chi connectivity index (χ0) is 10.1. The number of hydrogen-bond donors (Lipinski definition) is 2. The van der Waals surface area contributed by atoms with Gasteiger partial charge in [-0.1, -0.05) is 6.92 Å². The van der Waals surface area contributed by atoms with Crippen molar-refractivity contribution in [3.05, 3.63) is 17.5 Å². The number of carbonyl (C=O) groups is 1. The fourth-order valence-electron chi connectivity index (χ4n) is 1.86. The highest BCUT2D eigenvalue weighted by molar-refractivity contribution is 5.95. The quantitative estimate of drug-likeness (QED) is 0.742. The van der Waals surface area contributed by atoms with Crippen molar-refractivity contribution in [3.8, 4) is 0 Å². The number of hydrogen-bond acceptors (Lipinski definition) is 2. The van der Waals surface area contributed by atoms with Crippen LogP contribution in [0.5, 0.6) is 0 Å². The Hall–Kier alpha value is -1.32. The van der Waals surface area contributed by atoms with Crippen LogP contribution in [-0.4, -0.2) is 22.1 Å². The van der Waals surface area contributed by atoms with E-state index < -0.39 is 0 Å². The Morgan fingerprint density at radius 3 is 2.86 bits per heavy atom. The topological polar surface area (TPSA) is 57.8 Å². The van der Waals surface area contributed by atoms with Crippen LogP contribution in [0.15, 0.2) is 6.20 Å².